The molecule has 1 atom stereocenters. The number of para-hydroxylation sites is 1. The molecule has 0 unspecified atom stereocenters. The van der Waals surface area contributed by atoms with E-state index in [1.807, 2.05) is 39.0 Å². The monoisotopic (exact) mass is 507 g/mol. The van der Waals surface area contributed by atoms with Crippen LogP contribution in [-0.4, -0.2) is 50.0 Å². The van der Waals surface area contributed by atoms with Gasteiger partial charge < -0.3 is 10.2 Å². The first kappa shape index (κ1) is 27.7. The van der Waals surface area contributed by atoms with Gasteiger partial charge in [0.15, 0.2) is 0 Å². The van der Waals surface area contributed by atoms with Crippen molar-refractivity contribution in [3.8, 4) is 0 Å². The smallest absolute Gasteiger partial charge is 0.243 e. The van der Waals surface area contributed by atoms with Gasteiger partial charge in [-0.2, -0.15) is 0 Å². The standard InChI is InChI=1S/C25H34ClN3O4S/c1-5-23(25(31)27-19(2)3)28(18-20-13-15-21(26)16-14-20)24(30)12-9-17-29(34(4,32)33)22-10-7-6-8-11-22/h6-8,10-11,13-16,19,23H,5,9,12,17-18H2,1-4H3,(H,27,31)/t23-/m0/s1. The Hall–Kier alpha value is -2.58. The molecule has 0 aliphatic carbocycles. The van der Waals surface area contributed by atoms with E-state index < -0.39 is 16.1 Å². The SMILES string of the molecule is CC[C@@H](C(=O)NC(C)C)N(Cc1ccc(Cl)cc1)C(=O)CCCN(c1ccccc1)S(C)(=O)=O. The molecule has 1 N–H and O–H groups in total. The van der Waals surface area contributed by atoms with Gasteiger partial charge in [-0.05, 0) is 56.5 Å². The number of anilines is 1. The molecule has 2 aromatic rings. The van der Waals surface area contributed by atoms with Gasteiger partial charge in [0.25, 0.3) is 0 Å². The van der Waals surface area contributed by atoms with E-state index in [2.05, 4.69) is 5.32 Å². The molecule has 0 saturated heterocycles. The van der Waals surface area contributed by atoms with Crippen molar-refractivity contribution in [1.82, 2.24) is 10.2 Å². The summed E-state index contributed by atoms with van der Waals surface area (Å²) in [5.41, 5.74) is 1.41. The minimum absolute atomic E-state index is 0.0526. The summed E-state index contributed by atoms with van der Waals surface area (Å²) in [6, 6.07) is 15.3. The second kappa shape index (κ2) is 12.8. The van der Waals surface area contributed by atoms with Crippen LogP contribution < -0.4 is 9.62 Å². The molecular weight excluding hydrogens is 474 g/mol. The zero-order valence-corrected chi connectivity index (χ0v) is 21.8. The van der Waals surface area contributed by atoms with E-state index in [9.17, 15) is 18.0 Å². The van der Waals surface area contributed by atoms with Crippen molar-refractivity contribution in [3.05, 3.63) is 65.2 Å². The number of rotatable bonds is 12. The largest absolute Gasteiger partial charge is 0.352 e. The van der Waals surface area contributed by atoms with E-state index in [0.717, 1.165) is 11.8 Å². The van der Waals surface area contributed by atoms with E-state index >= 15 is 0 Å². The molecule has 0 aliphatic heterocycles. The fourth-order valence-corrected chi connectivity index (χ4v) is 4.78. The lowest BCUT2D eigenvalue weighted by molar-refractivity contribution is -0.141. The molecule has 0 heterocycles. The van der Waals surface area contributed by atoms with Crippen LogP contribution in [0.3, 0.4) is 0 Å². The second-order valence-electron chi connectivity index (χ2n) is 8.51. The predicted molar refractivity (Wildman–Crippen MR) is 137 cm³/mol. The molecule has 2 aromatic carbocycles. The quantitative estimate of drug-likeness (QED) is 0.466. The molecule has 0 radical (unpaired) electrons. The molecule has 0 aliphatic rings. The maximum Gasteiger partial charge on any atom is 0.243 e. The van der Waals surface area contributed by atoms with Gasteiger partial charge in [0.1, 0.15) is 6.04 Å². The molecule has 2 amide bonds. The number of amides is 2. The van der Waals surface area contributed by atoms with E-state index in [4.69, 9.17) is 11.6 Å². The minimum atomic E-state index is -3.50. The molecule has 2 rings (SSSR count). The summed E-state index contributed by atoms with van der Waals surface area (Å²) in [6.07, 6.45) is 2.04. The lowest BCUT2D eigenvalue weighted by Crippen LogP contribution is -2.50. The Morgan fingerprint density at radius 2 is 1.65 bits per heavy atom. The first-order valence-electron chi connectivity index (χ1n) is 11.4. The van der Waals surface area contributed by atoms with Gasteiger partial charge in [-0.1, -0.05) is 48.9 Å². The Kier molecular flexibility index (Phi) is 10.4. The number of hydrogen-bond donors (Lipinski definition) is 1. The van der Waals surface area contributed by atoms with Crippen LogP contribution in [0, 0.1) is 0 Å². The van der Waals surface area contributed by atoms with Crippen LogP contribution in [0.2, 0.25) is 5.02 Å². The molecule has 0 spiro atoms. The first-order chi connectivity index (χ1) is 16.0. The molecular formula is C25H34ClN3O4S. The van der Waals surface area contributed by atoms with Crippen LogP contribution in [0.4, 0.5) is 5.69 Å². The van der Waals surface area contributed by atoms with Gasteiger partial charge in [0, 0.05) is 30.6 Å². The molecule has 7 nitrogen and oxygen atoms in total. The van der Waals surface area contributed by atoms with Gasteiger partial charge in [-0.3, -0.25) is 13.9 Å². The summed E-state index contributed by atoms with van der Waals surface area (Å²) in [5, 5.41) is 3.49. The van der Waals surface area contributed by atoms with Crippen molar-refractivity contribution < 1.29 is 18.0 Å². The van der Waals surface area contributed by atoms with Crippen LogP contribution >= 0.6 is 11.6 Å². The highest BCUT2D eigenvalue weighted by Gasteiger charge is 2.29. The summed E-state index contributed by atoms with van der Waals surface area (Å²) >= 11 is 6.00. The van der Waals surface area contributed by atoms with Gasteiger partial charge in [0.05, 0.1) is 11.9 Å². The summed E-state index contributed by atoms with van der Waals surface area (Å²) in [4.78, 5) is 27.8. The minimum Gasteiger partial charge on any atom is -0.352 e. The highest BCUT2D eigenvalue weighted by Crippen LogP contribution is 2.20. The van der Waals surface area contributed by atoms with E-state index in [0.29, 0.717) is 23.6 Å². The third kappa shape index (κ3) is 8.33. The number of halogens is 1. The first-order valence-corrected chi connectivity index (χ1v) is 13.6. The molecule has 9 heteroatoms. The number of nitrogens with one attached hydrogen (secondary N) is 1. The number of hydrogen-bond acceptors (Lipinski definition) is 4. The topological polar surface area (TPSA) is 86.8 Å². The number of carbonyl (C=O) groups is 2. The van der Waals surface area contributed by atoms with E-state index in [1.165, 1.54) is 4.31 Å². The van der Waals surface area contributed by atoms with E-state index in [-0.39, 0.29) is 37.4 Å². The zero-order valence-electron chi connectivity index (χ0n) is 20.2. The predicted octanol–water partition coefficient (Wildman–Crippen LogP) is 4.22. The highest BCUT2D eigenvalue weighted by molar-refractivity contribution is 7.92. The summed E-state index contributed by atoms with van der Waals surface area (Å²) < 4.78 is 25.9. The van der Waals surface area contributed by atoms with Crippen molar-refractivity contribution in [2.45, 2.75) is 58.7 Å². The van der Waals surface area contributed by atoms with Gasteiger partial charge >= 0.3 is 0 Å². The second-order valence-corrected chi connectivity index (χ2v) is 10.9. The van der Waals surface area contributed by atoms with Crippen LogP contribution in [0.15, 0.2) is 54.6 Å². The number of sulfonamides is 1. The van der Waals surface area contributed by atoms with Crippen molar-refractivity contribution in [2.75, 3.05) is 17.1 Å². The van der Waals surface area contributed by atoms with Crippen LogP contribution in [0.1, 0.15) is 45.6 Å². The van der Waals surface area contributed by atoms with Crippen molar-refractivity contribution >= 4 is 39.1 Å². The maximum absolute atomic E-state index is 13.3. The lowest BCUT2D eigenvalue weighted by atomic mass is 10.1. The number of nitrogens with zero attached hydrogens (tertiary/aromatic N) is 2. The highest BCUT2D eigenvalue weighted by atomic mass is 35.5. The molecule has 0 bridgehead atoms. The summed E-state index contributed by atoms with van der Waals surface area (Å²) in [5.74, 6) is -0.413. The molecule has 0 aromatic heterocycles. The normalized spacial score (nSPS) is 12.3. The fourth-order valence-electron chi connectivity index (χ4n) is 3.68. The number of carbonyl (C=O) groups excluding carboxylic acids is 2. The Morgan fingerprint density at radius 3 is 2.18 bits per heavy atom. The molecule has 0 fully saturated rings. The Morgan fingerprint density at radius 1 is 1.03 bits per heavy atom. The van der Waals surface area contributed by atoms with Gasteiger partial charge in [0.2, 0.25) is 21.8 Å². The third-order valence-electron chi connectivity index (χ3n) is 5.28. The van der Waals surface area contributed by atoms with Crippen molar-refractivity contribution in [2.24, 2.45) is 0 Å². The Balaban J connectivity index is 2.19. The molecule has 0 saturated carbocycles. The Bertz CT molecular complexity index is 1040. The maximum atomic E-state index is 13.3. The summed E-state index contributed by atoms with van der Waals surface area (Å²) in [7, 11) is -3.50. The van der Waals surface area contributed by atoms with Crippen LogP contribution in [-0.2, 0) is 26.2 Å². The fraction of sp³-hybridized carbons (Fsp3) is 0.440. The van der Waals surface area contributed by atoms with Gasteiger partial charge in [-0.15, -0.1) is 0 Å². The van der Waals surface area contributed by atoms with Crippen molar-refractivity contribution in [3.63, 3.8) is 0 Å². The zero-order chi connectivity index (χ0) is 25.3. The number of benzene rings is 2. The average Bonchev–Trinajstić information content (AvgIpc) is 2.77. The average molecular weight is 508 g/mol. The third-order valence-corrected chi connectivity index (χ3v) is 6.73. The van der Waals surface area contributed by atoms with Crippen LogP contribution in [0.5, 0.6) is 0 Å². The van der Waals surface area contributed by atoms with Gasteiger partial charge in [-0.25, -0.2) is 8.42 Å². The lowest BCUT2D eigenvalue weighted by Gasteiger charge is -2.31. The van der Waals surface area contributed by atoms with Crippen molar-refractivity contribution in [1.29, 1.82) is 0 Å². The van der Waals surface area contributed by atoms with E-state index in [1.54, 1.807) is 41.3 Å². The summed E-state index contributed by atoms with van der Waals surface area (Å²) in [6.45, 7) is 6.04. The Labute approximate surface area is 208 Å². The molecule has 34 heavy (non-hydrogen) atoms. The van der Waals surface area contributed by atoms with Crippen LogP contribution in [0.25, 0.3) is 0 Å². The molecule has 186 valence electrons.